The SMILES string of the molecule is CO[C@]1(c2ccccc2)C[C@@H]2CN(S(=O)(=O)C3CC3)C[C@]2(c2cc3cnn(-c4ccc(F)cc4)c3cc2C)C1. The van der Waals surface area contributed by atoms with E-state index in [1.165, 1.54) is 17.7 Å². The molecule has 39 heavy (non-hydrogen) atoms. The van der Waals surface area contributed by atoms with Gasteiger partial charge >= 0.3 is 0 Å². The van der Waals surface area contributed by atoms with Crippen LogP contribution in [-0.4, -0.2) is 48.0 Å². The molecule has 0 N–H and O–H groups in total. The molecule has 1 saturated heterocycles. The summed E-state index contributed by atoms with van der Waals surface area (Å²) in [5.41, 5.74) is 4.27. The minimum absolute atomic E-state index is 0.120. The Bertz CT molecular complexity index is 1670. The van der Waals surface area contributed by atoms with Gasteiger partial charge in [-0.25, -0.2) is 21.8 Å². The number of fused-ring (bicyclic) bond motifs is 2. The third-order valence-electron chi connectivity index (χ3n) is 9.36. The predicted molar refractivity (Wildman–Crippen MR) is 149 cm³/mol. The number of aryl methyl sites for hydroxylation is 1. The van der Waals surface area contributed by atoms with Gasteiger partial charge in [-0.1, -0.05) is 30.3 Å². The zero-order valence-corrected chi connectivity index (χ0v) is 23.0. The standard InChI is InChI=1S/C31H32FN3O3S/c1-21-14-29-22(17-33-35(29)26-10-8-25(32)9-11-26)15-28(21)30-19-31(38-2,23-6-4-3-5-7-23)16-24(30)18-34(20-30)39(36,37)27-12-13-27/h3-11,14-15,17,24,27H,12-13,16,18-20H2,1-2H3/t24-,30-,31-/m1/s1. The number of methoxy groups -OCH3 is 1. The summed E-state index contributed by atoms with van der Waals surface area (Å²) in [6, 6.07) is 21.0. The van der Waals surface area contributed by atoms with Crippen molar-refractivity contribution >= 4 is 20.9 Å². The monoisotopic (exact) mass is 545 g/mol. The molecular formula is C31H32FN3O3S. The van der Waals surface area contributed by atoms with Crippen LogP contribution in [0.2, 0.25) is 0 Å². The molecule has 0 radical (unpaired) electrons. The normalized spacial score (nSPS) is 27.3. The highest BCUT2D eigenvalue weighted by atomic mass is 32.2. The second-order valence-corrected chi connectivity index (χ2v) is 13.8. The van der Waals surface area contributed by atoms with E-state index in [9.17, 15) is 12.8 Å². The van der Waals surface area contributed by atoms with Gasteiger partial charge in [0.2, 0.25) is 10.0 Å². The van der Waals surface area contributed by atoms with Crippen molar-refractivity contribution in [2.24, 2.45) is 5.92 Å². The van der Waals surface area contributed by atoms with Crippen molar-refractivity contribution in [3.63, 3.8) is 0 Å². The van der Waals surface area contributed by atoms with Gasteiger partial charge in [-0.3, -0.25) is 0 Å². The highest BCUT2D eigenvalue weighted by Gasteiger charge is 2.63. The van der Waals surface area contributed by atoms with E-state index in [0.29, 0.717) is 19.5 Å². The van der Waals surface area contributed by atoms with E-state index >= 15 is 0 Å². The Morgan fingerprint density at radius 2 is 1.79 bits per heavy atom. The number of hydrogen-bond acceptors (Lipinski definition) is 4. The molecule has 3 aliphatic rings. The molecular weight excluding hydrogens is 513 g/mol. The Kier molecular flexibility index (Phi) is 5.57. The van der Waals surface area contributed by atoms with Gasteiger partial charge in [0.15, 0.2) is 0 Å². The second-order valence-electron chi connectivity index (χ2n) is 11.6. The molecule has 3 fully saturated rings. The summed E-state index contributed by atoms with van der Waals surface area (Å²) in [5.74, 6) is -0.165. The summed E-state index contributed by atoms with van der Waals surface area (Å²) in [4.78, 5) is 0. The van der Waals surface area contributed by atoms with Crippen molar-refractivity contribution in [2.75, 3.05) is 20.2 Å². The summed E-state index contributed by atoms with van der Waals surface area (Å²) in [7, 11) is -1.53. The maximum absolute atomic E-state index is 13.6. The van der Waals surface area contributed by atoms with Gasteiger partial charge in [0.25, 0.3) is 0 Å². The Hall–Kier alpha value is -3.07. The van der Waals surface area contributed by atoms with E-state index in [-0.39, 0.29) is 22.4 Å². The van der Waals surface area contributed by atoms with Crippen LogP contribution < -0.4 is 0 Å². The van der Waals surface area contributed by atoms with Gasteiger partial charge in [0, 0.05) is 31.0 Å². The Balaban J connectivity index is 1.36. The van der Waals surface area contributed by atoms with Crippen molar-refractivity contribution in [3.8, 4) is 5.69 Å². The van der Waals surface area contributed by atoms with Crippen LogP contribution in [0, 0.1) is 18.7 Å². The van der Waals surface area contributed by atoms with Crippen LogP contribution in [0.3, 0.4) is 0 Å². The zero-order chi connectivity index (χ0) is 27.0. The highest BCUT2D eigenvalue weighted by Crippen LogP contribution is 2.60. The average molecular weight is 546 g/mol. The molecule has 2 heterocycles. The van der Waals surface area contributed by atoms with Crippen LogP contribution in [0.4, 0.5) is 4.39 Å². The number of hydrogen-bond donors (Lipinski definition) is 0. The highest BCUT2D eigenvalue weighted by molar-refractivity contribution is 7.90. The van der Waals surface area contributed by atoms with Crippen molar-refractivity contribution in [2.45, 2.75) is 48.9 Å². The fourth-order valence-corrected chi connectivity index (χ4v) is 9.23. The molecule has 2 aliphatic carbocycles. The molecule has 3 atom stereocenters. The summed E-state index contributed by atoms with van der Waals surface area (Å²) in [6.07, 6.45) is 4.83. The van der Waals surface area contributed by atoms with E-state index in [1.807, 2.05) is 29.1 Å². The summed E-state index contributed by atoms with van der Waals surface area (Å²) < 4.78 is 50.4. The van der Waals surface area contributed by atoms with E-state index in [0.717, 1.165) is 47.0 Å². The molecule has 3 aromatic carbocycles. The van der Waals surface area contributed by atoms with Crippen LogP contribution in [0.1, 0.15) is 42.4 Å². The maximum Gasteiger partial charge on any atom is 0.217 e. The lowest BCUT2D eigenvalue weighted by molar-refractivity contribution is -0.0183. The van der Waals surface area contributed by atoms with Crippen LogP contribution >= 0.6 is 0 Å². The van der Waals surface area contributed by atoms with Crippen LogP contribution in [-0.2, 0) is 25.8 Å². The molecule has 0 spiro atoms. The molecule has 202 valence electrons. The van der Waals surface area contributed by atoms with Crippen molar-refractivity contribution < 1.29 is 17.5 Å². The second kappa shape index (κ2) is 8.71. The largest absolute Gasteiger partial charge is 0.373 e. The lowest BCUT2D eigenvalue weighted by atomic mass is 9.72. The van der Waals surface area contributed by atoms with Crippen molar-refractivity contribution in [3.05, 3.63) is 95.4 Å². The fraction of sp³-hybridized carbons (Fsp3) is 0.387. The van der Waals surface area contributed by atoms with Crippen LogP contribution in [0.15, 0.2) is 72.9 Å². The molecule has 0 unspecified atom stereocenters. The van der Waals surface area contributed by atoms with Crippen molar-refractivity contribution in [1.82, 2.24) is 14.1 Å². The molecule has 7 rings (SSSR count). The Morgan fingerprint density at radius 3 is 2.49 bits per heavy atom. The predicted octanol–water partition coefficient (Wildman–Crippen LogP) is 5.47. The number of aromatic nitrogens is 2. The van der Waals surface area contributed by atoms with Gasteiger partial charge in [-0.2, -0.15) is 5.10 Å². The Labute approximate surface area is 228 Å². The molecule has 6 nitrogen and oxygen atoms in total. The van der Waals surface area contributed by atoms with Gasteiger partial charge in [0.1, 0.15) is 5.82 Å². The fourth-order valence-electron chi connectivity index (χ4n) is 7.28. The van der Waals surface area contributed by atoms with E-state index in [1.54, 1.807) is 23.5 Å². The first kappa shape index (κ1) is 24.9. The summed E-state index contributed by atoms with van der Waals surface area (Å²) in [6.45, 7) is 3.09. The average Bonchev–Trinajstić information content (AvgIpc) is 3.53. The Morgan fingerprint density at radius 1 is 1.05 bits per heavy atom. The van der Waals surface area contributed by atoms with Crippen LogP contribution in [0.25, 0.3) is 16.6 Å². The maximum atomic E-state index is 13.6. The van der Waals surface area contributed by atoms with E-state index in [4.69, 9.17) is 4.74 Å². The van der Waals surface area contributed by atoms with E-state index < -0.39 is 15.6 Å². The first-order valence-corrected chi connectivity index (χ1v) is 15.1. The van der Waals surface area contributed by atoms with Gasteiger partial charge in [0.05, 0.1) is 28.3 Å². The molecule has 0 amide bonds. The zero-order valence-electron chi connectivity index (χ0n) is 22.2. The van der Waals surface area contributed by atoms with Gasteiger partial charge < -0.3 is 4.74 Å². The number of halogens is 1. The first-order valence-electron chi connectivity index (χ1n) is 13.6. The third-order valence-corrected chi connectivity index (χ3v) is 11.7. The smallest absolute Gasteiger partial charge is 0.217 e. The minimum Gasteiger partial charge on any atom is -0.373 e. The molecule has 8 heteroatoms. The number of sulfonamides is 1. The molecule has 4 aromatic rings. The lowest BCUT2D eigenvalue weighted by Gasteiger charge is -2.35. The molecule has 2 saturated carbocycles. The number of rotatable bonds is 6. The molecule has 0 bridgehead atoms. The summed E-state index contributed by atoms with van der Waals surface area (Å²) in [5, 5.41) is 5.38. The number of benzene rings is 3. The molecule has 1 aromatic heterocycles. The number of ether oxygens (including phenoxy) is 1. The molecule has 1 aliphatic heterocycles. The quantitative estimate of drug-likeness (QED) is 0.322. The first-order chi connectivity index (χ1) is 18.8. The van der Waals surface area contributed by atoms with E-state index in [2.05, 4.69) is 36.3 Å². The van der Waals surface area contributed by atoms with Crippen LogP contribution in [0.5, 0.6) is 0 Å². The topological polar surface area (TPSA) is 64.4 Å². The van der Waals surface area contributed by atoms with Gasteiger partial charge in [-0.15, -0.1) is 0 Å². The third kappa shape index (κ3) is 3.79. The lowest BCUT2D eigenvalue weighted by Crippen LogP contribution is -2.39. The summed E-state index contributed by atoms with van der Waals surface area (Å²) >= 11 is 0. The van der Waals surface area contributed by atoms with Gasteiger partial charge in [-0.05, 0) is 91.6 Å². The number of nitrogens with zero attached hydrogens (tertiary/aromatic N) is 3. The minimum atomic E-state index is -3.31. The van der Waals surface area contributed by atoms with Crippen molar-refractivity contribution in [1.29, 1.82) is 0 Å².